The number of oxazole rings is 1. The fourth-order valence-electron chi connectivity index (χ4n) is 1.07. The second-order valence-electron chi connectivity index (χ2n) is 3.23. The molecule has 0 fully saturated rings. The number of aromatic nitrogens is 1. The number of nitrogens with zero attached hydrogens (tertiary/aromatic N) is 1. The van der Waals surface area contributed by atoms with Crippen LogP contribution in [-0.4, -0.2) is 49.5 Å². The summed E-state index contributed by atoms with van der Waals surface area (Å²) in [5.41, 5.74) is -0.108. The van der Waals surface area contributed by atoms with Crippen LogP contribution >= 0.6 is 0 Å². The molecule has 7 nitrogen and oxygen atoms in total. The molecule has 7 heteroatoms. The zero-order valence-corrected chi connectivity index (χ0v) is 9.64. The SMILES string of the molecule is COCCOCCCNc1nc(C(=O)O)co1. The molecule has 0 saturated carbocycles. The van der Waals surface area contributed by atoms with Crippen LogP contribution in [0.3, 0.4) is 0 Å². The number of carboxylic acid groups (broad SMARTS) is 1. The minimum Gasteiger partial charge on any atom is -0.476 e. The van der Waals surface area contributed by atoms with Crippen molar-refractivity contribution in [1.82, 2.24) is 4.98 Å². The Morgan fingerprint density at radius 2 is 2.35 bits per heavy atom. The summed E-state index contributed by atoms with van der Waals surface area (Å²) in [6.07, 6.45) is 1.87. The third-order valence-electron chi connectivity index (χ3n) is 1.90. The maximum atomic E-state index is 10.5. The fraction of sp³-hybridized carbons (Fsp3) is 0.600. The molecule has 1 rings (SSSR count). The molecule has 1 aromatic heterocycles. The third-order valence-corrected chi connectivity index (χ3v) is 1.90. The largest absolute Gasteiger partial charge is 0.476 e. The van der Waals surface area contributed by atoms with Gasteiger partial charge in [0.05, 0.1) is 13.2 Å². The number of anilines is 1. The number of hydrogen-bond donors (Lipinski definition) is 2. The highest BCUT2D eigenvalue weighted by Crippen LogP contribution is 2.06. The summed E-state index contributed by atoms with van der Waals surface area (Å²) >= 11 is 0. The van der Waals surface area contributed by atoms with Crippen molar-refractivity contribution in [2.75, 3.05) is 38.8 Å². The smallest absolute Gasteiger partial charge is 0.357 e. The maximum absolute atomic E-state index is 10.5. The molecule has 0 amide bonds. The van der Waals surface area contributed by atoms with Crippen LogP contribution in [0.4, 0.5) is 6.01 Å². The van der Waals surface area contributed by atoms with E-state index in [4.69, 9.17) is 19.0 Å². The van der Waals surface area contributed by atoms with Crippen LogP contribution in [0.2, 0.25) is 0 Å². The van der Waals surface area contributed by atoms with Crippen LogP contribution in [0.15, 0.2) is 10.7 Å². The highest BCUT2D eigenvalue weighted by molar-refractivity contribution is 5.85. The van der Waals surface area contributed by atoms with E-state index in [0.717, 1.165) is 12.7 Å². The van der Waals surface area contributed by atoms with E-state index in [9.17, 15) is 4.79 Å². The molecule has 1 heterocycles. The highest BCUT2D eigenvalue weighted by atomic mass is 16.5. The van der Waals surface area contributed by atoms with Gasteiger partial charge in [0.25, 0.3) is 6.01 Å². The van der Waals surface area contributed by atoms with E-state index in [2.05, 4.69) is 10.3 Å². The molecule has 0 aliphatic rings. The van der Waals surface area contributed by atoms with Gasteiger partial charge in [-0.2, -0.15) is 4.98 Å². The Morgan fingerprint density at radius 1 is 1.53 bits per heavy atom. The lowest BCUT2D eigenvalue weighted by atomic mass is 10.4. The van der Waals surface area contributed by atoms with Crippen LogP contribution in [0.25, 0.3) is 0 Å². The molecular weight excluding hydrogens is 228 g/mol. The minimum absolute atomic E-state index is 0.108. The predicted octanol–water partition coefficient (Wildman–Crippen LogP) is 0.838. The third kappa shape index (κ3) is 5.32. The number of hydrogen-bond acceptors (Lipinski definition) is 6. The summed E-state index contributed by atoms with van der Waals surface area (Å²) in [6.45, 7) is 2.35. The van der Waals surface area contributed by atoms with Crippen LogP contribution < -0.4 is 5.32 Å². The molecule has 2 N–H and O–H groups in total. The van der Waals surface area contributed by atoms with Crippen molar-refractivity contribution < 1.29 is 23.8 Å². The van der Waals surface area contributed by atoms with E-state index in [1.807, 2.05) is 0 Å². The van der Waals surface area contributed by atoms with Crippen molar-refractivity contribution in [1.29, 1.82) is 0 Å². The summed E-state index contributed by atoms with van der Waals surface area (Å²) in [5.74, 6) is -1.11. The molecule has 0 aromatic carbocycles. The first-order chi connectivity index (χ1) is 8.24. The van der Waals surface area contributed by atoms with Gasteiger partial charge in [-0.1, -0.05) is 0 Å². The maximum Gasteiger partial charge on any atom is 0.357 e. The zero-order chi connectivity index (χ0) is 12.5. The van der Waals surface area contributed by atoms with E-state index in [0.29, 0.717) is 26.4 Å². The Balaban J connectivity index is 2.07. The van der Waals surface area contributed by atoms with Gasteiger partial charge < -0.3 is 24.3 Å². The number of carbonyl (C=O) groups is 1. The average molecular weight is 244 g/mol. The molecule has 0 radical (unpaired) electrons. The molecule has 0 aliphatic heterocycles. The molecule has 0 aliphatic carbocycles. The van der Waals surface area contributed by atoms with Crippen molar-refractivity contribution in [2.24, 2.45) is 0 Å². The Bertz CT molecular complexity index is 339. The van der Waals surface area contributed by atoms with Gasteiger partial charge in [0.1, 0.15) is 6.26 Å². The molecule has 17 heavy (non-hydrogen) atoms. The van der Waals surface area contributed by atoms with E-state index >= 15 is 0 Å². The molecule has 1 aromatic rings. The van der Waals surface area contributed by atoms with Gasteiger partial charge in [0, 0.05) is 20.3 Å². The van der Waals surface area contributed by atoms with Crippen LogP contribution in [0.5, 0.6) is 0 Å². The zero-order valence-electron chi connectivity index (χ0n) is 9.64. The second kappa shape index (κ2) is 7.64. The van der Waals surface area contributed by atoms with Crippen molar-refractivity contribution in [2.45, 2.75) is 6.42 Å². The molecular formula is C10H16N2O5. The van der Waals surface area contributed by atoms with Crippen molar-refractivity contribution in [3.05, 3.63) is 12.0 Å². The summed E-state index contributed by atoms with van der Waals surface area (Å²) in [7, 11) is 1.62. The van der Waals surface area contributed by atoms with Gasteiger partial charge in [-0.25, -0.2) is 4.79 Å². The summed E-state index contributed by atoms with van der Waals surface area (Å²) in [6, 6.07) is 0.208. The summed E-state index contributed by atoms with van der Waals surface area (Å²) < 4.78 is 15.0. The number of methoxy groups -OCH3 is 1. The standard InChI is InChI=1S/C10H16N2O5/c1-15-5-6-16-4-2-3-11-10-12-8(7-17-10)9(13)14/h7H,2-6H2,1H3,(H,11,12)(H,13,14). The lowest BCUT2D eigenvalue weighted by Crippen LogP contribution is -2.08. The van der Waals surface area contributed by atoms with Gasteiger partial charge in [-0.15, -0.1) is 0 Å². The highest BCUT2D eigenvalue weighted by Gasteiger charge is 2.09. The van der Waals surface area contributed by atoms with E-state index in [1.165, 1.54) is 0 Å². The number of nitrogens with one attached hydrogen (secondary N) is 1. The Kier molecular flexibility index (Phi) is 6.05. The average Bonchev–Trinajstić information content (AvgIpc) is 2.77. The van der Waals surface area contributed by atoms with Crippen molar-refractivity contribution >= 4 is 12.0 Å². The van der Waals surface area contributed by atoms with E-state index in [1.54, 1.807) is 7.11 Å². The number of ether oxygens (including phenoxy) is 2. The Labute approximate surface area is 98.7 Å². The Morgan fingerprint density at radius 3 is 3.00 bits per heavy atom. The summed E-state index contributed by atoms with van der Waals surface area (Å²) in [5, 5.41) is 11.5. The monoisotopic (exact) mass is 244 g/mol. The molecule has 0 atom stereocenters. The first-order valence-corrected chi connectivity index (χ1v) is 5.23. The first-order valence-electron chi connectivity index (χ1n) is 5.23. The molecule has 0 bridgehead atoms. The lowest BCUT2D eigenvalue weighted by Gasteiger charge is -2.03. The molecule has 0 unspecified atom stereocenters. The molecule has 0 spiro atoms. The van der Waals surface area contributed by atoms with Gasteiger partial charge in [0.15, 0.2) is 5.69 Å². The van der Waals surface area contributed by atoms with E-state index < -0.39 is 5.97 Å². The van der Waals surface area contributed by atoms with Crippen LogP contribution in [0.1, 0.15) is 16.9 Å². The molecule has 0 saturated heterocycles. The second-order valence-corrected chi connectivity index (χ2v) is 3.23. The van der Waals surface area contributed by atoms with Gasteiger partial charge in [-0.3, -0.25) is 0 Å². The van der Waals surface area contributed by atoms with E-state index in [-0.39, 0.29) is 11.7 Å². The van der Waals surface area contributed by atoms with Crippen molar-refractivity contribution in [3.8, 4) is 0 Å². The topological polar surface area (TPSA) is 93.8 Å². The molecule has 96 valence electrons. The van der Waals surface area contributed by atoms with Crippen LogP contribution in [-0.2, 0) is 9.47 Å². The quantitative estimate of drug-likeness (QED) is 0.621. The lowest BCUT2D eigenvalue weighted by molar-refractivity contribution is 0.0690. The van der Waals surface area contributed by atoms with Crippen molar-refractivity contribution in [3.63, 3.8) is 0 Å². The number of carboxylic acids is 1. The minimum atomic E-state index is -1.11. The summed E-state index contributed by atoms with van der Waals surface area (Å²) in [4.78, 5) is 14.2. The predicted molar refractivity (Wildman–Crippen MR) is 59.3 cm³/mol. The fourth-order valence-corrected chi connectivity index (χ4v) is 1.07. The number of rotatable bonds is 9. The van der Waals surface area contributed by atoms with Crippen LogP contribution in [0, 0.1) is 0 Å². The van der Waals surface area contributed by atoms with Gasteiger partial charge in [-0.05, 0) is 6.42 Å². The normalized spacial score (nSPS) is 10.4. The number of aromatic carboxylic acids is 1. The van der Waals surface area contributed by atoms with Gasteiger partial charge >= 0.3 is 5.97 Å². The van der Waals surface area contributed by atoms with Gasteiger partial charge in [0.2, 0.25) is 0 Å². The Hall–Kier alpha value is -1.60. The first kappa shape index (κ1) is 13.5.